The molecule has 2 unspecified atom stereocenters. The second kappa shape index (κ2) is 13.2. The molecule has 0 aliphatic carbocycles. The van der Waals surface area contributed by atoms with Gasteiger partial charge >= 0.3 is 5.97 Å². The summed E-state index contributed by atoms with van der Waals surface area (Å²) in [5.41, 5.74) is 8.71. The molecule has 4 aromatic rings. The topological polar surface area (TPSA) is 138 Å². The van der Waals surface area contributed by atoms with Crippen LogP contribution in [-0.4, -0.2) is 41.9 Å². The average molecular weight is 553 g/mol. The fourth-order valence-corrected chi connectivity index (χ4v) is 4.42. The fraction of sp³-hybridized carbons (Fsp3) is 0.156. The third-order valence-corrected chi connectivity index (χ3v) is 6.60. The van der Waals surface area contributed by atoms with Crippen LogP contribution < -0.4 is 20.5 Å². The van der Waals surface area contributed by atoms with Gasteiger partial charge in [0.2, 0.25) is 5.91 Å². The van der Waals surface area contributed by atoms with Crippen molar-refractivity contribution in [2.24, 2.45) is 5.73 Å². The largest absolute Gasteiger partial charge is 0.493 e. The van der Waals surface area contributed by atoms with Gasteiger partial charge in [-0.2, -0.15) is 0 Å². The maximum Gasteiger partial charge on any atom is 0.331 e. The van der Waals surface area contributed by atoms with Gasteiger partial charge in [-0.25, -0.2) is 4.79 Å². The summed E-state index contributed by atoms with van der Waals surface area (Å²) in [6.07, 6.45) is 0. The lowest BCUT2D eigenvalue weighted by Crippen LogP contribution is -2.40. The van der Waals surface area contributed by atoms with E-state index >= 15 is 0 Å². The van der Waals surface area contributed by atoms with Crippen molar-refractivity contribution in [1.29, 1.82) is 5.41 Å². The Morgan fingerprint density at radius 2 is 1.54 bits per heavy atom. The highest BCUT2D eigenvalue weighted by molar-refractivity contribution is 5.95. The number of carbonyl (C=O) groups excluding carboxylic acids is 1. The summed E-state index contributed by atoms with van der Waals surface area (Å²) in [6.45, 7) is 0.333. The van der Waals surface area contributed by atoms with E-state index in [4.69, 9.17) is 20.6 Å². The number of hydrogen-bond acceptors (Lipinski definition) is 6. The number of rotatable bonds is 12. The monoisotopic (exact) mass is 552 g/mol. The van der Waals surface area contributed by atoms with Gasteiger partial charge in [-0.3, -0.25) is 10.2 Å². The molecule has 9 nitrogen and oxygen atoms in total. The predicted molar refractivity (Wildman–Crippen MR) is 157 cm³/mol. The molecule has 0 aromatic heterocycles. The van der Waals surface area contributed by atoms with E-state index in [1.807, 2.05) is 30.3 Å². The molecule has 0 aliphatic rings. The highest BCUT2D eigenvalue weighted by Gasteiger charge is 2.33. The van der Waals surface area contributed by atoms with E-state index in [0.29, 0.717) is 40.5 Å². The van der Waals surface area contributed by atoms with E-state index in [9.17, 15) is 14.7 Å². The Morgan fingerprint density at radius 1 is 0.902 bits per heavy atom. The number of nitrogen functional groups attached to an aromatic ring is 1. The van der Waals surface area contributed by atoms with Gasteiger partial charge < -0.3 is 30.5 Å². The number of nitrogens with two attached hydrogens (primary N) is 1. The number of likely N-dealkylation sites (N-methyl/N-ethyl adjacent to an activating group) is 1. The zero-order valence-electron chi connectivity index (χ0n) is 22.8. The SMILES string of the molecule is COc1cc(C(Nc2ccc(C(=N)N)cc2)C(=O)N(C)C(C(=O)O)c2ccccc2)ccc1OCc1ccccc1. The first kappa shape index (κ1) is 28.7. The van der Waals surface area contributed by atoms with Crippen LogP contribution in [-0.2, 0) is 16.2 Å². The number of ether oxygens (including phenoxy) is 2. The van der Waals surface area contributed by atoms with Gasteiger partial charge in [0.1, 0.15) is 18.5 Å². The second-order valence-corrected chi connectivity index (χ2v) is 9.35. The molecule has 1 amide bonds. The predicted octanol–water partition coefficient (Wildman–Crippen LogP) is 5.00. The van der Waals surface area contributed by atoms with Crippen molar-refractivity contribution in [1.82, 2.24) is 4.90 Å². The number of methoxy groups -OCH3 is 1. The molecule has 0 radical (unpaired) electrons. The van der Waals surface area contributed by atoms with Crippen LogP contribution in [0.15, 0.2) is 103 Å². The Labute approximate surface area is 238 Å². The quantitative estimate of drug-likeness (QED) is 0.143. The Morgan fingerprint density at radius 3 is 2.12 bits per heavy atom. The third kappa shape index (κ3) is 7.02. The number of aliphatic carboxylic acids is 1. The van der Waals surface area contributed by atoms with Crippen molar-refractivity contribution in [3.8, 4) is 11.5 Å². The lowest BCUT2D eigenvalue weighted by molar-refractivity contribution is -0.149. The summed E-state index contributed by atoms with van der Waals surface area (Å²) in [6, 6.07) is 28.0. The Kier molecular flexibility index (Phi) is 9.21. The van der Waals surface area contributed by atoms with Gasteiger partial charge in [0, 0.05) is 18.3 Å². The zero-order chi connectivity index (χ0) is 29.4. The molecule has 0 saturated carbocycles. The molecule has 2 atom stereocenters. The molecule has 9 heteroatoms. The van der Waals surface area contributed by atoms with Gasteiger partial charge in [0.05, 0.1) is 7.11 Å². The first-order valence-corrected chi connectivity index (χ1v) is 12.9. The number of hydrogen-bond donors (Lipinski definition) is 4. The fourth-order valence-electron chi connectivity index (χ4n) is 4.42. The summed E-state index contributed by atoms with van der Waals surface area (Å²) in [7, 11) is 2.98. The summed E-state index contributed by atoms with van der Waals surface area (Å²) in [5.74, 6) is -0.786. The number of nitrogens with one attached hydrogen (secondary N) is 2. The molecule has 0 aliphatic heterocycles. The van der Waals surface area contributed by atoms with Crippen LogP contribution in [0.3, 0.4) is 0 Å². The van der Waals surface area contributed by atoms with Crippen molar-refractivity contribution in [2.75, 3.05) is 19.5 Å². The van der Waals surface area contributed by atoms with Crippen LogP contribution in [0, 0.1) is 5.41 Å². The lowest BCUT2D eigenvalue weighted by atomic mass is 10.0. The first-order valence-electron chi connectivity index (χ1n) is 12.9. The molecule has 0 fully saturated rings. The van der Waals surface area contributed by atoms with Crippen molar-refractivity contribution < 1.29 is 24.2 Å². The van der Waals surface area contributed by atoms with Gasteiger partial charge in [-0.05, 0) is 53.1 Å². The van der Waals surface area contributed by atoms with Gasteiger partial charge in [0.25, 0.3) is 0 Å². The standard InChI is InChI=1S/C32H32N4O5/c1-36(29(32(38)39)22-11-7-4-8-12-22)31(37)28(35-25-16-13-23(14-17-25)30(33)34)24-15-18-26(27(19-24)40-2)41-20-21-9-5-3-6-10-21/h3-19,28-29,35H,20H2,1-2H3,(H3,33,34)(H,38,39). The summed E-state index contributed by atoms with van der Waals surface area (Å²) in [4.78, 5) is 27.5. The third-order valence-electron chi connectivity index (χ3n) is 6.60. The van der Waals surface area contributed by atoms with Crippen molar-refractivity contribution in [3.63, 3.8) is 0 Å². The summed E-state index contributed by atoms with van der Waals surface area (Å²) < 4.78 is 11.6. The highest BCUT2D eigenvalue weighted by atomic mass is 16.5. The molecule has 0 spiro atoms. The van der Waals surface area contributed by atoms with Crippen LogP contribution >= 0.6 is 0 Å². The van der Waals surface area contributed by atoms with E-state index in [1.54, 1.807) is 72.8 Å². The molecular weight excluding hydrogens is 520 g/mol. The van der Waals surface area contributed by atoms with E-state index in [-0.39, 0.29) is 5.84 Å². The van der Waals surface area contributed by atoms with Gasteiger partial charge in [0.15, 0.2) is 17.5 Å². The maximum absolute atomic E-state index is 14.0. The maximum atomic E-state index is 14.0. The number of benzene rings is 4. The van der Waals surface area contributed by atoms with Crippen molar-refractivity contribution in [2.45, 2.75) is 18.7 Å². The smallest absolute Gasteiger partial charge is 0.331 e. The first-order chi connectivity index (χ1) is 19.8. The summed E-state index contributed by atoms with van der Waals surface area (Å²) >= 11 is 0. The van der Waals surface area contributed by atoms with Crippen LogP contribution in [0.1, 0.15) is 34.3 Å². The minimum atomic E-state index is -1.21. The van der Waals surface area contributed by atoms with E-state index in [1.165, 1.54) is 19.1 Å². The van der Waals surface area contributed by atoms with Crippen molar-refractivity contribution in [3.05, 3.63) is 125 Å². The summed E-state index contributed by atoms with van der Waals surface area (Å²) in [5, 5.41) is 20.9. The number of anilines is 1. The number of amides is 1. The van der Waals surface area contributed by atoms with Crippen LogP contribution in [0.5, 0.6) is 11.5 Å². The van der Waals surface area contributed by atoms with Crippen LogP contribution in [0.2, 0.25) is 0 Å². The lowest BCUT2D eigenvalue weighted by Gasteiger charge is -2.30. The van der Waals surface area contributed by atoms with Crippen LogP contribution in [0.25, 0.3) is 0 Å². The molecule has 4 rings (SSSR count). The number of amidine groups is 1. The number of nitrogens with zero attached hydrogens (tertiary/aromatic N) is 1. The van der Waals surface area contributed by atoms with Gasteiger partial charge in [-0.1, -0.05) is 66.7 Å². The van der Waals surface area contributed by atoms with Gasteiger partial charge in [-0.15, -0.1) is 0 Å². The Balaban J connectivity index is 1.68. The van der Waals surface area contributed by atoms with E-state index < -0.39 is 24.0 Å². The number of carbonyl (C=O) groups is 2. The number of carboxylic acid groups (broad SMARTS) is 1. The molecule has 0 saturated heterocycles. The van der Waals surface area contributed by atoms with Crippen molar-refractivity contribution >= 4 is 23.4 Å². The molecule has 0 heterocycles. The normalized spacial score (nSPS) is 12.0. The molecule has 5 N–H and O–H groups in total. The van der Waals surface area contributed by atoms with Crippen LogP contribution in [0.4, 0.5) is 5.69 Å². The minimum Gasteiger partial charge on any atom is -0.493 e. The Bertz CT molecular complexity index is 1490. The molecule has 0 bridgehead atoms. The molecule has 4 aromatic carbocycles. The second-order valence-electron chi connectivity index (χ2n) is 9.35. The average Bonchev–Trinajstić information content (AvgIpc) is 2.99. The molecule has 210 valence electrons. The number of carboxylic acids is 1. The zero-order valence-corrected chi connectivity index (χ0v) is 22.8. The molecule has 41 heavy (non-hydrogen) atoms. The Hall–Kier alpha value is -5.31. The van der Waals surface area contributed by atoms with E-state index in [0.717, 1.165) is 5.56 Å². The minimum absolute atomic E-state index is 0.0769. The van der Waals surface area contributed by atoms with E-state index in [2.05, 4.69) is 5.32 Å². The molecular formula is C32H32N4O5. The highest BCUT2D eigenvalue weighted by Crippen LogP contribution is 2.34.